The van der Waals surface area contributed by atoms with Crippen molar-refractivity contribution in [2.45, 2.75) is 32.0 Å². The highest BCUT2D eigenvalue weighted by atomic mass is 35.5. The molecular formula is C29H26ClF2NO2. The van der Waals surface area contributed by atoms with Crippen LogP contribution in [-0.4, -0.2) is 17.7 Å². The number of aromatic nitrogens is 1. The van der Waals surface area contributed by atoms with Crippen molar-refractivity contribution < 1.29 is 18.3 Å². The van der Waals surface area contributed by atoms with Gasteiger partial charge in [0.25, 0.3) is 0 Å². The molecule has 6 heteroatoms. The van der Waals surface area contributed by atoms with Crippen LogP contribution in [0.25, 0.3) is 11.3 Å². The molecule has 2 heterocycles. The van der Waals surface area contributed by atoms with Crippen LogP contribution in [0.1, 0.15) is 24.0 Å². The lowest BCUT2D eigenvalue weighted by atomic mass is 9.79. The molecular weight excluding hydrogens is 468 g/mol. The Morgan fingerprint density at radius 1 is 0.943 bits per heavy atom. The summed E-state index contributed by atoms with van der Waals surface area (Å²) >= 11 is 5.80. The van der Waals surface area contributed by atoms with E-state index in [-0.39, 0.29) is 18.3 Å². The van der Waals surface area contributed by atoms with Crippen molar-refractivity contribution in [3.05, 3.63) is 107 Å². The van der Waals surface area contributed by atoms with Gasteiger partial charge in [0, 0.05) is 28.8 Å². The van der Waals surface area contributed by atoms with Crippen LogP contribution in [0, 0.1) is 23.5 Å². The Hall–Kier alpha value is -3.02. The maximum atomic E-state index is 15.1. The first kappa shape index (κ1) is 23.7. The summed E-state index contributed by atoms with van der Waals surface area (Å²) in [5.74, 6) is 0.247. The van der Waals surface area contributed by atoms with E-state index in [0.717, 1.165) is 19.4 Å². The maximum Gasteiger partial charge on any atom is 0.214 e. The zero-order valence-electron chi connectivity index (χ0n) is 19.2. The lowest BCUT2D eigenvalue weighted by Gasteiger charge is -2.33. The Kier molecular flexibility index (Phi) is 7.26. The van der Waals surface area contributed by atoms with Gasteiger partial charge in [0.15, 0.2) is 0 Å². The highest BCUT2D eigenvalue weighted by Crippen LogP contribution is 2.32. The van der Waals surface area contributed by atoms with Crippen molar-refractivity contribution in [3.63, 3.8) is 0 Å². The van der Waals surface area contributed by atoms with E-state index in [4.69, 9.17) is 21.1 Å². The molecule has 0 saturated carbocycles. The summed E-state index contributed by atoms with van der Waals surface area (Å²) in [4.78, 5) is 4.48. The van der Waals surface area contributed by atoms with E-state index in [1.807, 2.05) is 18.2 Å². The standard InChI is InChI=1S/C29H26ClF2NO2/c30-24-11-10-23(27(32)17-24)18-35-29-7-3-6-28(33-29)22-9-8-21(26(31)16-22)14-19-4-1-2-5-20(19)15-25-12-13-34-25/h1-11,16-17,19-20,25H,12-15,18H2/t19?,20-,25?/m1/s1. The predicted octanol–water partition coefficient (Wildman–Crippen LogP) is 7.34. The third kappa shape index (κ3) is 5.80. The molecule has 180 valence electrons. The van der Waals surface area contributed by atoms with Crippen molar-refractivity contribution in [1.29, 1.82) is 0 Å². The first-order valence-electron chi connectivity index (χ1n) is 11.8. The highest BCUT2D eigenvalue weighted by Gasteiger charge is 2.27. The van der Waals surface area contributed by atoms with Crippen LogP contribution < -0.4 is 4.74 Å². The molecule has 35 heavy (non-hydrogen) atoms. The second-order valence-electron chi connectivity index (χ2n) is 9.01. The molecule has 0 spiro atoms. The van der Waals surface area contributed by atoms with Crippen molar-refractivity contribution in [1.82, 2.24) is 4.98 Å². The molecule has 1 aromatic heterocycles. The van der Waals surface area contributed by atoms with E-state index in [9.17, 15) is 4.39 Å². The van der Waals surface area contributed by atoms with Crippen LogP contribution in [0.2, 0.25) is 5.02 Å². The van der Waals surface area contributed by atoms with Crippen LogP contribution in [0.3, 0.4) is 0 Å². The number of nitrogens with zero attached hydrogens (tertiary/aromatic N) is 1. The van der Waals surface area contributed by atoms with Crippen LogP contribution in [0.4, 0.5) is 8.78 Å². The monoisotopic (exact) mass is 493 g/mol. The number of hydrogen-bond donors (Lipinski definition) is 0. The zero-order chi connectivity index (χ0) is 24.2. The summed E-state index contributed by atoms with van der Waals surface area (Å²) in [6, 6.07) is 15.0. The average Bonchev–Trinajstić information content (AvgIpc) is 2.83. The summed E-state index contributed by atoms with van der Waals surface area (Å²) in [7, 11) is 0. The fraction of sp³-hybridized carbons (Fsp3) is 0.276. The molecule has 0 bridgehead atoms. The highest BCUT2D eigenvalue weighted by molar-refractivity contribution is 6.30. The zero-order valence-corrected chi connectivity index (χ0v) is 19.9. The predicted molar refractivity (Wildman–Crippen MR) is 133 cm³/mol. The molecule has 3 atom stereocenters. The van der Waals surface area contributed by atoms with Crippen LogP contribution in [0.15, 0.2) is 78.9 Å². The van der Waals surface area contributed by atoms with Crippen LogP contribution in [0.5, 0.6) is 5.88 Å². The Balaban J connectivity index is 1.26. The molecule has 2 aromatic carbocycles. The minimum Gasteiger partial charge on any atom is -0.473 e. The summed E-state index contributed by atoms with van der Waals surface area (Å²) in [5, 5.41) is 0.329. The second-order valence-corrected chi connectivity index (χ2v) is 9.45. The molecule has 1 saturated heterocycles. The summed E-state index contributed by atoms with van der Waals surface area (Å²) in [5.41, 5.74) is 2.31. The van der Waals surface area contributed by atoms with Crippen molar-refractivity contribution in [2.75, 3.05) is 6.61 Å². The molecule has 3 aromatic rings. The molecule has 1 aliphatic carbocycles. The van der Waals surface area contributed by atoms with Gasteiger partial charge < -0.3 is 9.47 Å². The summed E-state index contributed by atoms with van der Waals surface area (Å²) in [6.45, 7) is 0.860. The Morgan fingerprint density at radius 2 is 1.71 bits per heavy atom. The van der Waals surface area contributed by atoms with Crippen molar-refractivity contribution in [3.8, 4) is 17.1 Å². The maximum absolute atomic E-state index is 15.1. The number of pyridine rings is 1. The number of rotatable bonds is 8. The summed E-state index contributed by atoms with van der Waals surface area (Å²) < 4.78 is 40.4. The minimum absolute atomic E-state index is 0.0170. The van der Waals surface area contributed by atoms with Gasteiger partial charge >= 0.3 is 0 Å². The van der Waals surface area contributed by atoms with Crippen LogP contribution in [-0.2, 0) is 17.8 Å². The molecule has 3 nitrogen and oxygen atoms in total. The van der Waals surface area contributed by atoms with E-state index < -0.39 is 5.82 Å². The molecule has 2 aliphatic rings. The third-order valence-corrected chi connectivity index (χ3v) is 6.86. The Morgan fingerprint density at radius 3 is 2.46 bits per heavy atom. The number of halogens is 3. The first-order valence-corrected chi connectivity index (χ1v) is 12.2. The summed E-state index contributed by atoms with van der Waals surface area (Å²) in [6.07, 6.45) is 11.5. The van der Waals surface area contributed by atoms with Crippen LogP contribution >= 0.6 is 11.6 Å². The van der Waals surface area contributed by atoms with E-state index in [0.29, 0.717) is 51.7 Å². The number of hydrogen-bond acceptors (Lipinski definition) is 3. The fourth-order valence-electron chi connectivity index (χ4n) is 4.52. The van der Waals surface area contributed by atoms with E-state index in [1.165, 1.54) is 12.1 Å². The quantitative estimate of drug-likeness (QED) is 0.329. The van der Waals surface area contributed by atoms with Gasteiger partial charge in [-0.2, -0.15) is 0 Å². The topological polar surface area (TPSA) is 31.4 Å². The van der Waals surface area contributed by atoms with Gasteiger partial charge in [-0.3, -0.25) is 0 Å². The van der Waals surface area contributed by atoms with Gasteiger partial charge in [-0.05, 0) is 60.9 Å². The number of allylic oxidation sites excluding steroid dienone is 4. The van der Waals surface area contributed by atoms with E-state index in [1.54, 1.807) is 30.3 Å². The largest absolute Gasteiger partial charge is 0.473 e. The van der Waals surface area contributed by atoms with E-state index >= 15 is 4.39 Å². The second kappa shape index (κ2) is 10.7. The molecule has 5 rings (SSSR count). The van der Waals surface area contributed by atoms with Gasteiger partial charge in [-0.1, -0.05) is 60.2 Å². The van der Waals surface area contributed by atoms with Crippen molar-refractivity contribution in [2.24, 2.45) is 11.8 Å². The van der Waals surface area contributed by atoms with Crippen molar-refractivity contribution >= 4 is 11.6 Å². The lowest BCUT2D eigenvalue weighted by molar-refractivity contribution is -0.0621. The molecule has 1 fully saturated rings. The average molecular weight is 494 g/mol. The van der Waals surface area contributed by atoms with Gasteiger partial charge in [0.05, 0.1) is 11.8 Å². The fourth-order valence-corrected chi connectivity index (χ4v) is 4.68. The first-order chi connectivity index (χ1) is 17.0. The number of ether oxygens (including phenoxy) is 2. The normalized spacial score (nSPS) is 21.1. The smallest absolute Gasteiger partial charge is 0.214 e. The van der Waals surface area contributed by atoms with Gasteiger partial charge in [0.2, 0.25) is 5.88 Å². The minimum atomic E-state index is -0.433. The third-order valence-electron chi connectivity index (χ3n) is 6.62. The molecule has 0 radical (unpaired) electrons. The van der Waals surface area contributed by atoms with Gasteiger partial charge in [-0.25, -0.2) is 13.8 Å². The van der Waals surface area contributed by atoms with Gasteiger partial charge in [0.1, 0.15) is 18.2 Å². The Bertz CT molecular complexity index is 1260. The van der Waals surface area contributed by atoms with E-state index in [2.05, 4.69) is 23.2 Å². The molecule has 0 amide bonds. The Labute approximate surface area is 209 Å². The molecule has 1 aliphatic heterocycles. The lowest BCUT2D eigenvalue weighted by Crippen LogP contribution is -2.31. The molecule has 2 unspecified atom stereocenters. The van der Waals surface area contributed by atoms with Gasteiger partial charge in [-0.15, -0.1) is 0 Å². The molecule has 0 N–H and O–H groups in total. The SMILES string of the molecule is Fc1cc(Cl)ccc1COc1cccc(-c2ccc(CC3C=CC=C[C@@H]3CC3CCO3)c(F)c2)n1. The number of benzene rings is 2.